The molecule has 3 heterocycles. The van der Waals surface area contributed by atoms with E-state index in [4.69, 9.17) is 9.47 Å². The molecule has 0 spiro atoms. The average molecular weight is 355 g/mol. The summed E-state index contributed by atoms with van der Waals surface area (Å²) in [6.45, 7) is 6.42. The van der Waals surface area contributed by atoms with E-state index in [9.17, 15) is 4.79 Å². The van der Waals surface area contributed by atoms with E-state index in [1.165, 1.54) is 11.3 Å². The quantitative estimate of drug-likeness (QED) is 0.780. The molecule has 0 aliphatic carbocycles. The number of benzene rings is 1. The maximum Gasteiger partial charge on any atom is 0.261 e. The van der Waals surface area contributed by atoms with Gasteiger partial charge in [0.1, 0.15) is 10.7 Å². The zero-order valence-electron chi connectivity index (χ0n) is 14.2. The van der Waals surface area contributed by atoms with Crippen molar-refractivity contribution in [2.45, 2.75) is 27.3 Å². The van der Waals surface area contributed by atoms with E-state index in [0.29, 0.717) is 17.2 Å². The summed E-state index contributed by atoms with van der Waals surface area (Å²) in [6.07, 6.45) is 0. The Bertz CT molecular complexity index is 997. The van der Waals surface area contributed by atoms with Crippen molar-refractivity contribution in [1.29, 1.82) is 0 Å². The fraction of sp³-hybridized carbons (Fsp3) is 0.278. The maximum absolute atomic E-state index is 12.6. The Kier molecular flexibility index (Phi) is 3.80. The molecule has 0 saturated carbocycles. The monoisotopic (exact) mass is 355 g/mol. The Morgan fingerprint density at radius 3 is 2.84 bits per heavy atom. The fourth-order valence-electron chi connectivity index (χ4n) is 3.00. The standard InChI is InChI=1S/C18H17N3O3S/c1-9-15-10(2)20-11(3)21-18(15)25-16(9)17(22)19-7-12-4-5-13-14(6-12)24-8-23-13/h4-6H,7-8H2,1-3H3,(H,19,22). The number of hydrogen-bond donors (Lipinski definition) is 1. The summed E-state index contributed by atoms with van der Waals surface area (Å²) in [7, 11) is 0. The first-order valence-corrected chi connectivity index (χ1v) is 8.75. The number of carbonyl (C=O) groups is 1. The largest absolute Gasteiger partial charge is 0.454 e. The number of amides is 1. The van der Waals surface area contributed by atoms with Crippen LogP contribution in [0.5, 0.6) is 11.5 Å². The molecule has 25 heavy (non-hydrogen) atoms. The normalized spacial score (nSPS) is 12.6. The van der Waals surface area contributed by atoms with Gasteiger partial charge < -0.3 is 14.8 Å². The van der Waals surface area contributed by atoms with Crippen molar-refractivity contribution in [3.05, 3.63) is 45.7 Å². The Labute approximate surface area is 148 Å². The number of nitrogens with zero attached hydrogens (tertiary/aromatic N) is 2. The second-order valence-corrected chi connectivity index (χ2v) is 6.96. The highest BCUT2D eigenvalue weighted by atomic mass is 32.1. The Morgan fingerprint density at radius 1 is 1.20 bits per heavy atom. The van der Waals surface area contributed by atoms with Crippen LogP contribution in [0, 0.1) is 20.8 Å². The van der Waals surface area contributed by atoms with E-state index in [-0.39, 0.29) is 12.7 Å². The minimum absolute atomic E-state index is 0.102. The summed E-state index contributed by atoms with van der Waals surface area (Å²) in [6, 6.07) is 5.67. The van der Waals surface area contributed by atoms with Crippen LogP contribution in [0.25, 0.3) is 10.2 Å². The average Bonchev–Trinajstić information content (AvgIpc) is 3.16. The van der Waals surface area contributed by atoms with Crippen LogP contribution in [-0.2, 0) is 6.54 Å². The van der Waals surface area contributed by atoms with Gasteiger partial charge in [-0.25, -0.2) is 9.97 Å². The van der Waals surface area contributed by atoms with Crippen molar-refractivity contribution in [1.82, 2.24) is 15.3 Å². The predicted molar refractivity (Wildman–Crippen MR) is 95.4 cm³/mol. The van der Waals surface area contributed by atoms with Crippen LogP contribution in [0.1, 0.15) is 32.3 Å². The van der Waals surface area contributed by atoms with Gasteiger partial charge in [-0.1, -0.05) is 6.07 Å². The zero-order valence-corrected chi connectivity index (χ0v) is 15.0. The summed E-state index contributed by atoms with van der Waals surface area (Å²) >= 11 is 1.41. The van der Waals surface area contributed by atoms with Crippen LogP contribution in [0.4, 0.5) is 0 Å². The van der Waals surface area contributed by atoms with Crippen LogP contribution in [0.15, 0.2) is 18.2 Å². The van der Waals surface area contributed by atoms with E-state index in [0.717, 1.165) is 38.6 Å². The molecule has 4 rings (SSSR count). The van der Waals surface area contributed by atoms with Crippen molar-refractivity contribution < 1.29 is 14.3 Å². The number of ether oxygens (including phenoxy) is 2. The fourth-order valence-corrected chi connectivity index (χ4v) is 4.20. The second-order valence-electron chi connectivity index (χ2n) is 5.96. The van der Waals surface area contributed by atoms with Crippen molar-refractivity contribution in [3.63, 3.8) is 0 Å². The molecule has 3 aromatic rings. The van der Waals surface area contributed by atoms with E-state index in [1.807, 2.05) is 39.0 Å². The number of hydrogen-bond acceptors (Lipinski definition) is 6. The minimum Gasteiger partial charge on any atom is -0.454 e. The first-order chi connectivity index (χ1) is 12.0. The van der Waals surface area contributed by atoms with Gasteiger partial charge >= 0.3 is 0 Å². The van der Waals surface area contributed by atoms with Crippen LogP contribution in [-0.4, -0.2) is 22.7 Å². The molecule has 1 aliphatic heterocycles. The Hall–Kier alpha value is -2.67. The summed E-state index contributed by atoms with van der Waals surface area (Å²) < 4.78 is 10.7. The van der Waals surface area contributed by atoms with Gasteiger partial charge in [0.25, 0.3) is 5.91 Å². The molecule has 6 nitrogen and oxygen atoms in total. The molecule has 2 aromatic heterocycles. The number of nitrogens with one attached hydrogen (secondary N) is 1. The second kappa shape index (κ2) is 6.00. The molecule has 0 saturated heterocycles. The van der Waals surface area contributed by atoms with Crippen molar-refractivity contribution in [2.24, 2.45) is 0 Å². The maximum atomic E-state index is 12.6. The summed E-state index contributed by atoms with van der Waals surface area (Å²) in [5.74, 6) is 2.07. The lowest BCUT2D eigenvalue weighted by Crippen LogP contribution is -2.22. The van der Waals surface area contributed by atoms with E-state index in [2.05, 4.69) is 15.3 Å². The lowest BCUT2D eigenvalue weighted by molar-refractivity contribution is 0.0954. The summed E-state index contributed by atoms with van der Waals surface area (Å²) in [4.78, 5) is 23.0. The number of aromatic nitrogens is 2. The van der Waals surface area contributed by atoms with Gasteiger partial charge in [0.05, 0.1) is 4.88 Å². The molecule has 0 radical (unpaired) electrons. The van der Waals surface area contributed by atoms with Crippen LogP contribution >= 0.6 is 11.3 Å². The molecular formula is C18H17N3O3S. The molecule has 128 valence electrons. The summed E-state index contributed by atoms with van der Waals surface area (Å²) in [5.41, 5.74) is 2.80. The van der Waals surface area contributed by atoms with E-state index < -0.39 is 0 Å². The van der Waals surface area contributed by atoms with E-state index in [1.54, 1.807) is 0 Å². The molecule has 7 heteroatoms. The molecule has 0 bridgehead atoms. The zero-order chi connectivity index (χ0) is 17.6. The molecule has 1 amide bonds. The van der Waals surface area contributed by atoms with Crippen LogP contribution in [0.3, 0.4) is 0 Å². The Balaban J connectivity index is 1.56. The molecule has 0 unspecified atom stereocenters. The van der Waals surface area contributed by atoms with E-state index >= 15 is 0 Å². The molecular weight excluding hydrogens is 338 g/mol. The lowest BCUT2D eigenvalue weighted by atomic mass is 10.1. The van der Waals surface area contributed by atoms with Gasteiger partial charge in [-0.3, -0.25) is 4.79 Å². The molecule has 1 aliphatic rings. The minimum atomic E-state index is -0.102. The first kappa shape index (κ1) is 15.8. The molecule has 0 atom stereocenters. The highest BCUT2D eigenvalue weighted by molar-refractivity contribution is 7.20. The predicted octanol–water partition coefficient (Wildman–Crippen LogP) is 3.28. The number of rotatable bonds is 3. The van der Waals surface area contributed by atoms with Gasteiger partial charge in [0, 0.05) is 17.6 Å². The highest BCUT2D eigenvalue weighted by Crippen LogP contribution is 2.33. The van der Waals surface area contributed by atoms with Crippen LogP contribution in [0.2, 0.25) is 0 Å². The first-order valence-electron chi connectivity index (χ1n) is 7.94. The lowest BCUT2D eigenvalue weighted by Gasteiger charge is -2.06. The third-order valence-electron chi connectivity index (χ3n) is 4.18. The molecule has 1 aromatic carbocycles. The third kappa shape index (κ3) is 2.80. The Morgan fingerprint density at radius 2 is 2.00 bits per heavy atom. The van der Waals surface area contributed by atoms with Gasteiger partial charge in [-0.15, -0.1) is 11.3 Å². The van der Waals surface area contributed by atoms with Crippen molar-refractivity contribution in [2.75, 3.05) is 6.79 Å². The van der Waals surface area contributed by atoms with Gasteiger partial charge in [-0.05, 0) is 44.0 Å². The van der Waals surface area contributed by atoms with Gasteiger partial charge in [0.2, 0.25) is 6.79 Å². The topological polar surface area (TPSA) is 73.3 Å². The number of carbonyl (C=O) groups excluding carboxylic acids is 1. The number of fused-ring (bicyclic) bond motifs is 2. The highest BCUT2D eigenvalue weighted by Gasteiger charge is 2.19. The van der Waals surface area contributed by atoms with Gasteiger partial charge in [0.15, 0.2) is 11.5 Å². The smallest absolute Gasteiger partial charge is 0.261 e. The van der Waals surface area contributed by atoms with Gasteiger partial charge in [-0.2, -0.15) is 0 Å². The SMILES string of the molecule is Cc1nc(C)c2c(C)c(C(=O)NCc3ccc4c(c3)OCO4)sc2n1. The van der Waals surface area contributed by atoms with Crippen LogP contribution < -0.4 is 14.8 Å². The molecule has 0 fully saturated rings. The number of thiophene rings is 1. The third-order valence-corrected chi connectivity index (χ3v) is 5.36. The summed E-state index contributed by atoms with van der Waals surface area (Å²) in [5, 5.41) is 3.94. The molecule has 1 N–H and O–H groups in total. The van der Waals surface area contributed by atoms with Crippen molar-refractivity contribution in [3.8, 4) is 11.5 Å². The van der Waals surface area contributed by atoms with Crippen molar-refractivity contribution >= 4 is 27.5 Å². The number of aryl methyl sites for hydroxylation is 3.